The predicted octanol–water partition coefficient (Wildman–Crippen LogP) is 2.37. The van der Waals surface area contributed by atoms with Crippen LogP contribution in [0.2, 0.25) is 0 Å². The zero-order chi connectivity index (χ0) is 14.4. The fourth-order valence-electron chi connectivity index (χ4n) is 2.99. The minimum Gasteiger partial charge on any atom is -0.396 e. The van der Waals surface area contributed by atoms with Crippen molar-refractivity contribution in [2.75, 3.05) is 19.7 Å². The molecule has 0 bridgehead atoms. The molecule has 1 aromatic rings. The van der Waals surface area contributed by atoms with Gasteiger partial charge in [-0.2, -0.15) is 0 Å². The maximum absolute atomic E-state index is 11.0. The molecule has 0 spiro atoms. The lowest BCUT2D eigenvalue weighted by Crippen LogP contribution is -2.41. The molecule has 0 saturated carbocycles. The Balaban J connectivity index is 1.98. The van der Waals surface area contributed by atoms with Crippen LogP contribution in [-0.2, 0) is 6.42 Å². The summed E-state index contributed by atoms with van der Waals surface area (Å²) < 4.78 is 0. The van der Waals surface area contributed by atoms with Gasteiger partial charge >= 0.3 is 0 Å². The molecule has 1 N–H and O–H groups in total. The highest BCUT2D eigenvalue weighted by Crippen LogP contribution is 2.22. The summed E-state index contributed by atoms with van der Waals surface area (Å²) in [7, 11) is 0. The molecule has 1 fully saturated rings. The number of hydrogen-bond acceptors (Lipinski definition) is 4. The first-order valence-electron chi connectivity index (χ1n) is 7.29. The zero-order valence-corrected chi connectivity index (χ0v) is 11.7. The molecule has 5 heteroatoms. The third kappa shape index (κ3) is 3.77. The number of benzene rings is 1. The molecule has 1 atom stereocenters. The summed E-state index contributed by atoms with van der Waals surface area (Å²) in [6.45, 7) is 2.08. The molecule has 0 aliphatic carbocycles. The van der Waals surface area contributed by atoms with E-state index < -0.39 is 0 Å². The van der Waals surface area contributed by atoms with Gasteiger partial charge in [-0.3, -0.25) is 15.0 Å². The van der Waals surface area contributed by atoms with Crippen molar-refractivity contribution < 1.29 is 10.0 Å². The van der Waals surface area contributed by atoms with Crippen LogP contribution in [-0.4, -0.2) is 40.7 Å². The molecule has 1 aliphatic rings. The maximum atomic E-state index is 11.0. The first-order valence-corrected chi connectivity index (χ1v) is 7.29. The van der Waals surface area contributed by atoms with E-state index in [1.165, 1.54) is 12.8 Å². The van der Waals surface area contributed by atoms with Crippen LogP contribution in [0.15, 0.2) is 24.3 Å². The lowest BCUT2D eigenvalue weighted by atomic mass is 9.98. The third-order valence-corrected chi connectivity index (χ3v) is 4.07. The Labute approximate surface area is 119 Å². The number of nitrogens with zero attached hydrogens (tertiary/aromatic N) is 2. The monoisotopic (exact) mass is 278 g/mol. The summed E-state index contributed by atoms with van der Waals surface area (Å²) in [5.41, 5.74) is 1.01. The van der Waals surface area contributed by atoms with Gasteiger partial charge in [0.05, 0.1) is 4.92 Å². The Bertz CT molecular complexity index is 448. The van der Waals surface area contributed by atoms with E-state index in [-0.39, 0.29) is 17.2 Å². The van der Waals surface area contributed by atoms with Gasteiger partial charge in [0.1, 0.15) is 0 Å². The van der Waals surface area contributed by atoms with Crippen LogP contribution in [0.4, 0.5) is 5.69 Å². The number of aliphatic hydroxyl groups is 1. The van der Waals surface area contributed by atoms with Gasteiger partial charge in [-0.05, 0) is 32.2 Å². The van der Waals surface area contributed by atoms with Gasteiger partial charge in [0, 0.05) is 30.8 Å². The topological polar surface area (TPSA) is 66.6 Å². The first kappa shape index (κ1) is 14.9. The molecule has 0 radical (unpaired) electrons. The van der Waals surface area contributed by atoms with Crippen LogP contribution in [0.25, 0.3) is 0 Å². The number of aliphatic hydroxyl groups excluding tert-OH is 1. The van der Waals surface area contributed by atoms with E-state index in [0.29, 0.717) is 12.5 Å². The van der Waals surface area contributed by atoms with Gasteiger partial charge in [-0.15, -0.1) is 0 Å². The summed E-state index contributed by atoms with van der Waals surface area (Å²) >= 11 is 0. The molecule has 20 heavy (non-hydrogen) atoms. The van der Waals surface area contributed by atoms with Crippen molar-refractivity contribution in [2.24, 2.45) is 0 Å². The smallest absolute Gasteiger partial charge is 0.272 e. The fraction of sp³-hybridized carbons (Fsp3) is 0.600. The molecule has 1 heterocycles. The number of nitro benzene ring substituents is 1. The SMILES string of the molecule is O=[N+]([O-])c1ccccc1CCN1CCCCC1CCO. The molecular weight excluding hydrogens is 256 g/mol. The van der Waals surface area contributed by atoms with Crippen LogP contribution in [0, 0.1) is 10.1 Å². The van der Waals surface area contributed by atoms with E-state index in [4.69, 9.17) is 5.11 Å². The fourth-order valence-corrected chi connectivity index (χ4v) is 2.99. The molecule has 0 aromatic heterocycles. The standard InChI is InChI=1S/C15H22N2O3/c18-12-9-14-6-3-4-10-16(14)11-8-13-5-1-2-7-15(13)17(19)20/h1-2,5,7,14,18H,3-4,6,8-12H2. The predicted molar refractivity (Wildman–Crippen MR) is 77.7 cm³/mol. The Morgan fingerprint density at radius 1 is 1.35 bits per heavy atom. The highest BCUT2D eigenvalue weighted by atomic mass is 16.6. The number of piperidine rings is 1. The van der Waals surface area contributed by atoms with Gasteiger partial charge in [0.15, 0.2) is 0 Å². The van der Waals surface area contributed by atoms with Crippen LogP contribution in [0.1, 0.15) is 31.2 Å². The largest absolute Gasteiger partial charge is 0.396 e. The van der Waals surface area contributed by atoms with Gasteiger partial charge in [0.25, 0.3) is 5.69 Å². The second-order valence-electron chi connectivity index (χ2n) is 5.33. The molecule has 1 saturated heterocycles. The van der Waals surface area contributed by atoms with Crippen LogP contribution >= 0.6 is 0 Å². The van der Waals surface area contributed by atoms with Crippen LogP contribution < -0.4 is 0 Å². The third-order valence-electron chi connectivity index (χ3n) is 4.07. The molecule has 0 amide bonds. The van der Waals surface area contributed by atoms with E-state index in [1.54, 1.807) is 12.1 Å². The highest BCUT2D eigenvalue weighted by molar-refractivity contribution is 5.39. The summed E-state index contributed by atoms with van der Waals surface area (Å²) in [5, 5.41) is 20.1. The second-order valence-corrected chi connectivity index (χ2v) is 5.33. The van der Waals surface area contributed by atoms with Crippen molar-refractivity contribution in [2.45, 2.75) is 38.1 Å². The van der Waals surface area contributed by atoms with Crippen molar-refractivity contribution in [1.29, 1.82) is 0 Å². The summed E-state index contributed by atoms with van der Waals surface area (Å²) in [6, 6.07) is 7.39. The quantitative estimate of drug-likeness (QED) is 0.641. The molecule has 5 nitrogen and oxygen atoms in total. The number of para-hydroxylation sites is 1. The van der Waals surface area contributed by atoms with E-state index in [1.807, 2.05) is 12.1 Å². The average Bonchev–Trinajstić information content (AvgIpc) is 2.47. The normalized spacial score (nSPS) is 19.9. The number of likely N-dealkylation sites (tertiary alicyclic amines) is 1. The van der Waals surface area contributed by atoms with Gasteiger partial charge in [-0.1, -0.05) is 24.6 Å². The van der Waals surface area contributed by atoms with Gasteiger partial charge in [0.2, 0.25) is 0 Å². The van der Waals surface area contributed by atoms with Crippen LogP contribution in [0.3, 0.4) is 0 Å². The van der Waals surface area contributed by atoms with Crippen molar-refractivity contribution in [3.8, 4) is 0 Å². The molecule has 1 aromatic carbocycles. The summed E-state index contributed by atoms with van der Waals surface area (Å²) in [5.74, 6) is 0. The van der Waals surface area contributed by atoms with E-state index in [9.17, 15) is 10.1 Å². The number of rotatable bonds is 6. The van der Waals surface area contributed by atoms with E-state index >= 15 is 0 Å². The van der Waals surface area contributed by atoms with E-state index in [2.05, 4.69) is 4.90 Å². The summed E-state index contributed by atoms with van der Waals surface area (Å²) in [6.07, 6.45) is 5.01. The Morgan fingerprint density at radius 3 is 2.90 bits per heavy atom. The molecule has 1 aliphatic heterocycles. The van der Waals surface area contributed by atoms with Crippen molar-refractivity contribution >= 4 is 5.69 Å². The van der Waals surface area contributed by atoms with Gasteiger partial charge < -0.3 is 5.11 Å². The highest BCUT2D eigenvalue weighted by Gasteiger charge is 2.22. The number of nitro groups is 1. The van der Waals surface area contributed by atoms with Crippen molar-refractivity contribution in [3.63, 3.8) is 0 Å². The minimum atomic E-state index is -0.309. The number of hydrogen-bond donors (Lipinski definition) is 1. The van der Waals surface area contributed by atoms with Crippen LogP contribution in [0.5, 0.6) is 0 Å². The molecule has 1 unspecified atom stereocenters. The van der Waals surface area contributed by atoms with Crippen molar-refractivity contribution in [1.82, 2.24) is 4.90 Å². The zero-order valence-electron chi connectivity index (χ0n) is 11.7. The average molecular weight is 278 g/mol. The van der Waals surface area contributed by atoms with Crippen molar-refractivity contribution in [3.05, 3.63) is 39.9 Å². The second kappa shape index (κ2) is 7.36. The first-order chi connectivity index (χ1) is 9.72. The molecule has 2 rings (SSSR count). The Morgan fingerprint density at radius 2 is 2.15 bits per heavy atom. The summed E-state index contributed by atoms with van der Waals surface area (Å²) in [4.78, 5) is 13.1. The molecular formula is C15H22N2O3. The Hall–Kier alpha value is -1.46. The Kier molecular flexibility index (Phi) is 5.49. The lowest BCUT2D eigenvalue weighted by molar-refractivity contribution is -0.385. The lowest BCUT2D eigenvalue weighted by Gasteiger charge is -2.35. The van der Waals surface area contributed by atoms with Gasteiger partial charge in [-0.25, -0.2) is 0 Å². The minimum absolute atomic E-state index is 0.211. The molecule has 110 valence electrons. The van der Waals surface area contributed by atoms with E-state index in [0.717, 1.165) is 31.5 Å². The maximum Gasteiger partial charge on any atom is 0.272 e.